The molecule has 1 atom stereocenters. The fraction of sp³-hybridized carbons (Fsp3) is 0.419. The fourth-order valence-electron chi connectivity index (χ4n) is 7.06. The van der Waals surface area contributed by atoms with Gasteiger partial charge in [0, 0.05) is 50.7 Å². The molecule has 2 aromatic carbocycles. The van der Waals surface area contributed by atoms with Crippen molar-refractivity contribution < 1.29 is 52.5 Å². The molecule has 2 aliphatic heterocycles. The standard InChI is InChI=1S/C43H50N12O11/c1-44-41(60)36-31(23-33(51-52-36)49-39(58)25-6-7-25)48-30-5-3-4-28(37(30)63-2)38-47-24-54(53-38)15-13-46-34(56)12-16-64-18-20-66-21-19-65-17-14-45-26-8-9-27-29(22-26)43(62)55(42(27)61)32-10-11-35(57)50-40(32)59/h3-5,8-9,22-25,32,45H,6-7,10-21H2,1-2H3,(H,44,60)(H,46,56)(H,50,57,59)(H2,48,49,51,58). The Labute approximate surface area is 378 Å². The van der Waals surface area contributed by atoms with Crippen LogP contribution in [0.1, 0.15) is 63.3 Å². The van der Waals surface area contributed by atoms with Crippen molar-refractivity contribution in [1.82, 2.24) is 45.8 Å². The van der Waals surface area contributed by atoms with E-state index in [0.717, 1.165) is 17.7 Å². The number of hydrogen-bond acceptors (Lipinski definition) is 17. The van der Waals surface area contributed by atoms with E-state index in [2.05, 4.69) is 52.2 Å². The van der Waals surface area contributed by atoms with Gasteiger partial charge in [-0.3, -0.25) is 48.5 Å². The van der Waals surface area contributed by atoms with E-state index in [1.165, 1.54) is 26.3 Å². The smallest absolute Gasteiger partial charge is 0.273 e. The molecule has 2 aromatic heterocycles. The number of amides is 7. The molecule has 348 valence electrons. The molecule has 3 aliphatic rings. The molecule has 0 spiro atoms. The van der Waals surface area contributed by atoms with Crippen LogP contribution in [0.5, 0.6) is 5.75 Å². The van der Waals surface area contributed by atoms with Crippen LogP contribution in [0.2, 0.25) is 0 Å². The van der Waals surface area contributed by atoms with Crippen LogP contribution in [-0.2, 0) is 39.9 Å². The van der Waals surface area contributed by atoms with Crippen LogP contribution in [-0.4, -0.2) is 144 Å². The van der Waals surface area contributed by atoms with Gasteiger partial charge in [-0.2, -0.15) is 5.10 Å². The summed E-state index contributed by atoms with van der Waals surface area (Å²) < 4.78 is 24.0. The summed E-state index contributed by atoms with van der Waals surface area (Å²) in [5, 5.41) is 29.3. The number of nitrogens with zero attached hydrogens (tertiary/aromatic N) is 6. The maximum absolute atomic E-state index is 13.0. The van der Waals surface area contributed by atoms with Crippen LogP contribution >= 0.6 is 0 Å². The highest BCUT2D eigenvalue weighted by molar-refractivity contribution is 6.23. The minimum atomic E-state index is -1.02. The van der Waals surface area contributed by atoms with E-state index in [9.17, 15) is 33.6 Å². The molecule has 7 amide bonds. The Morgan fingerprint density at radius 1 is 0.833 bits per heavy atom. The number of para-hydroxylation sites is 1. The summed E-state index contributed by atoms with van der Waals surface area (Å²) in [7, 11) is 2.98. The van der Waals surface area contributed by atoms with Crippen molar-refractivity contribution in [3.05, 3.63) is 65.6 Å². The quantitative estimate of drug-likeness (QED) is 0.0426. The minimum absolute atomic E-state index is 0.0166. The molecule has 6 N–H and O–H groups in total. The lowest BCUT2D eigenvalue weighted by molar-refractivity contribution is -0.136. The van der Waals surface area contributed by atoms with Crippen LogP contribution in [0.25, 0.3) is 11.4 Å². The summed E-state index contributed by atoms with van der Waals surface area (Å²) >= 11 is 0. The minimum Gasteiger partial charge on any atom is -0.494 e. The zero-order valence-corrected chi connectivity index (χ0v) is 36.3. The third-order valence-electron chi connectivity index (χ3n) is 10.6. The Morgan fingerprint density at radius 2 is 1.59 bits per heavy atom. The van der Waals surface area contributed by atoms with Crippen molar-refractivity contribution in [2.75, 3.05) is 82.8 Å². The Hall–Kier alpha value is -7.37. The van der Waals surface area contributed by atoms with Gasteiger partial charge in [-0.25, -0.2) is 4.98 Å². The first-order valence-corrected chi connectivity index (χ1v) is 21.4. The predicted molar refractivity (Wildman–Crippen MR) is 234 cm³/mol. The topological polar surface area (TPSA) is 288 Å². The van der Waals surface area contributed by atoms with Crippen molar-refractivity contribution in [2.45, 2.75) is 44.7 Å². The number of nitrogens with one attached hydrogen (secondary N) is 6. The van der Waals surface area contributed by atoms with Crippen LogP contribution in [0, 0.1) is 5.92 Å². The first-order chi connectivity index (χ1) is 32.0. The maximum Gasteiger partial charge on any atom is 0.273 e. The molecule has 66 heavy (non-hydrogen) atoms. The number of rotatable bonds is 24. The predicted octanol–water partition coefficient (Wildman–Crippen LogP) is 1.26. The second kappa shape index (κ2) is 22.0. The number of fused-ring (bicyclic) bond motifs is 1. The lowest BCUT2D eigenvalue weighted by Crippen LogP contribution is -2.54. The van der Waals surface area contributed by atoms with Gasteiger partial charge in [0.25, 0.3) is 17.7 Å². The lowest BCUT2D eigenvalue weighted by Gasteiger charge is -2.27. The monoisotopic (exact) mass is 910 g/mol. The Kier molecular flexibility index (Phi) is 15.5. The molecule has 0 bridgehead atoms. The molecule has 1 saturated heterocycles. The summed E-state index contributed by atoms with van der Waals surface area (Å²) in [6, 6.07) is 10.6. The number of aromatic nitrogens is 5. The number of ether oxygens (including phenoxy) is 4. The van der Waals surface area contributed by atoms with E-state index in [1.54, 1.807) is 41.3 Å². The largest absolute Gasteiger partial charge is 0.494 e. The molecule has 1 saturated carbocycles. The number of carbonyl (C=O) groups excluding carboxylic acids is 7. The van der Waals surface area contributed by atoms with E-state index >= 15 is 0 Å². The average molecular weight is 911 g/mol. The highest BCUT2D eigenvalue weighted by atomic mass is 16.5. The number of piperidine rings is 1. The van der Waals surface area contributed by atoms with Crippen molar-refractivity contribution in [2.24, 2.45) is 5.92 Å². The van der Waals surface area contributed by atoms with Gasteiger partial charge in [-0.15, -0.1) is 10.2 Å². The summed E-state index contributed by atoms with van der Waals surface area (Å²) in [6.07, 6.45) is 3.49. The summed E-state index contributed by atoms with van der Waals surface area (Å²) in [6.45, 7) is 2.92. The first-order valence-electron chi connectivity index (χ1n) is 21.4. The van der Waals surface area contributed by atoms with E-state index in [-0.39, 0.29) is 66.2 Å². The molecule has 4 aromatic rings. The summed E-state index contributed by atoms with van der Waals surface area (Å²) in [5.74, 6) is -2.12. The molecular formula is C43H50N12O11. The number of anilines is 4. The molecular weight excluding hydrogens is 861 g/mol. The molecule has 1 aliphatic carbocycles. The van der Waals surface area contributed by atoms with Crippen LogP contribution in [0.4, 0.5) is 22.9 Å². The summed E-state index contributed by atoms with van der Waals surface area (Å²) in [4.78, 5) is 92.5. The van der Waals surface area contributed by atoms with Crippen LogP contribution < -0.4 is 36.6 Å². The van der Waals surface area contributed by atoms with E-state index in [1.807, 2.05) is 0 Å². The first kappa shape index (κ1) is 46.6. The van der Waals surface area contributed by atoms with Gasteiger partial charge in [-0.05, 0) is 49.6 Å². The Bertz CT molecular complexity index is 2480. The lowest BCUT2D eigenvalue weighted by atomic mass is 10.0. The third kappa shape index (κ3) is 11.7. The number of methoxy groups -OCH3 is 1. The highest BCUT2D eigenvalue weighted by Gasteiger charge is 2.44. The summed E-state index contributed by atoms with van der Waals surface area (Å²) in [5.41, 5.74) is 2.37. The third-order valence-corrected chi connectivity index (χ3v) is 10.6. The van der Waals surface area contributed by atoms with Crippen LogP contribution in [0.3, 0.4) is 0 Å². The Morgan fingerprint density at radius 3 is 2.33 bits per heavy atom. The number of benzene rings is 2. The molecule has 2 fully saturated rings. The fourth-order valence-corrected chi connectivity index (χ4v) is 7.06. The number of carbonyl (C=O) groups is 7. The van der Waals surface area contributed by atoms with E-state index in [0.29, 0.717) is 86.9 Å². The van der Waals surface area contributed by atoms with Crippen molar-refractivity contribution in [3.63, 3.8) is 0 Å². The number of imide groups is 2. The van der Waals surface area contributed by atoms with E-state index in [4.69, 9.17) is 18.9 Å². The van der Waals surface area contributed by atoms with Crippen LogP contribution in [0.15, 0.2) is 48.8 Å². The average Bonchev–Trinajstić information content (AvgIpc) is 4.02. The molecule has 1 unspecified atom stereocenters. The number of hydrogen-bond donors (Lipinski definition) is 6. The van der Waals surface area contributed by atoms with Crippen molar-refractivity contribution in [1.29, 1.82) is 0 Å². The van der Waals surface area contributed by atoms with Gasteiger partial charge in [-0.1, -0.05) is 6.07 Å². The zero-order valence-electron chi connectivity index (χ0n) is 36.3. The second-order valence-corrected chi connectivity index (χ2v) is 15.2. The van der Waals surface area contributed by atoms with Gasteiger partial charge < -0.3 is 45.5 Å². The van der Waals surface area contributed by atoms with Gasteiger partial charge in [0.05, 0.1) is 81.4 Å². The molecule has 4 heterocycles. The normalized spacial score (nSPS) is 15.5. The molecule has 23 nitrogen and oxygen atoms in total. The van der Waals surface area contributed by atoms with Gasteiger partial charge in [0.15, 0.2) is 23.1 Å². The van der Waals surface area contributed by atoms with Crippen molar-refractivity contribution >= 4 is 64.2 Å². The molecule has 23 heteroatoms. The van der Waals surface area contributed by atoms with Gasteiger partial charge >= 0.3 is 0 Å². The SMILES string of the molecule is CNC(=O)c1nnc(NC(=O)C2CC2)cc1Nc1cccc(-c2ncn(CCNC(=O)CCOCCOCCOCCNc3ccc4c(c3)C(=O)N(C3CCC(=O)NC3=O)C4=O)n2)c1OC. The maximum atomic E-state index is 13.0. The highest BCUT2D eigenvalue weighted by Crippen LogP contribution is 2.37. The van der Waals surface area contributed by atoms with Gasteiger partial charge in [0.1, 0.15) is 12.4 Å². The van der Waals surface area contributed by atoms with Gasteiger partial charge in [0.2, 0.25) is 23.6 Å². The Balaban J connectivity index is 0.750. The van der Waals surface area contributed by atoms with E-state index < -0.39 is 35.6 Å². The second-order valence-electron chi connectivity index (χ2n) is 15.2. The molecule has 7 rings (SSSR count). The zero-order chi connectivity index (χ0) is 46.6. The van der Waals surface area contributed by atoms with Crippen molar-refractivity contribution in [3.8, 4) is 17.1 Å². The molecule has 0 radical (unpaired) electrons.